The Hall–Kier alpha value is -2.96. The lowest BCUT2D eigenvalue weighted by Crippen LogP contribution is -2.20. The van der Waals surface area contributed by atoms with Crippen molar-refractivity contribution in [3.63, 3.8) is 0 Å². The summed E-state index contributed by atoms with van der Waals surface area (Å²) in [6, 6.07) is 5.82. The summed E-state index contributed by atoms with van der Waals surface area (Å²) in [6.07, 6.45) is 4.40. The molecule has 124 valence electrons. The van der Waals surface area contributed by atoms with E-state index in [-0.39, 0.29) is 17.6 Å². The minimum Gasteiger partial charge on any atom is -0.481 e. The molecule has 1 aromatic carbocycles. The third kappa shape index (κ3) is 2.92. The summed E-state index contributed by atoms with van der Waals surface area (Å²) < 4.78 is 3.17. The molecular weight excluding hydrogens is 308 g/mol. The second kappa shape index (κ2) is 6.27. The van der Waals surface area contributed by atoms with E-state index in [4.69, 9.17) is 5.11 Å². The standard InChI is InChI=1S/C17H18N4O3/c1-11-6-7-13(10-12(11)2)20-8-9-21-14(4-3-5-15(22)23)18-19-16(21)17(20)24/h6-10H,3-5H2,1-2H3,(H,22,23). The molecule has 7 nitrogen and oxygen atoms in total. The van der Waals surface area contributed by atoms with Gasteiger partial charge in [-0.3, -0.25) is 18.6 Å². The number of rotatable bonds is 5. The molecule has 24 heavy (non-hydrogen) atoms. The van der Waals surface area contributed by atoms with E-state index in [9.17, 15) is 9.59 Å². The molecule has 0 spiro atoms. The monoisotopic (exact) mass is 326 g/mol. The van der Waals surface area contributed by atoms with Gasteiger partial charge in [-0.2, -0.15) is 0 Å². The highest BCUT2D eigenvalue weighted by molar-refractivity contribution is 5.66. The van der Waals surface area contributed by atoms with Crippen LogP contribution in [0.1, 0.15) is 29.8 Å². The molecule has 0 unspecified atom stereocenters. The third-order valence-corrected chi connectivity index (χ3v) is 4.10. The highest BCUT2D eigenvalue weighted by Gasteiger charge is 2.12. The van der Waals surface area contributed by atoms with Crippen LogP contribution in [0, 0.1) is 13.8 Å². The molecule has 2 heterocycles. The fraction of sp³-hybridized carbons (Fsp3) is 0.294. The number of nitrogens with zero attached hydrogens (tertiary/aromatic N) is 4. The number of carboxylic acids is 1. The minimum absolute atomic E-state index is 0.0641. The molecule has 0 saturated carbocycles. The Morgan fingerprint density at radius 2 is 1.96 bits per heavy atom. The van der Waals surface area contributed by atoms with E-state index in [2.05, 4.69) is 10.2 Å². The summed E-state index contributed by atoms with van der Waals surface area (Å²) >= 11 is 0. The van der Waals surface area contributed by atoms with Gasteiger partial charge in [0.2, 0.25) is 5.65 Å². The van der Waals surface area contributed by atoms with Gasteiger partial charge in [0, 0.05) is 30.9 Å². The maximum atomic E-state index is 12.7. The molecule has 0 atom stereocenters. The molecule has 3 rings (SSSR count). The van der Waals surface area contributed by atoms with Crippen molar-refractivity contribution >= 4 is 11.6 Å². The van der Waals surface area contributed by atoms with Crippen LogP contribution in [0.3, 0.4) is 0 Å². The molecule has 0 aliphatic carbocycles. The first-order valence-corrected chi connectivity index (χ1v) is 7.72. The molecule has 0 bridgehead atoms. The maximum Gasteiger partial charge on any atom is 0.303 e. The van der Waals surface area contributed by atoms with Gasteiger partial charge in [0.05, 0.1) is 0 Å². The van der Waals surface area contributed by atoms with Crippen molar-refractivity contribution in [2.24, 2.45) is 0 Å². The Morgan fingerprint density at radius 1 is 1.17 bits per heavy atom. The van der Waals surface area contributed by atoms with E-state index in [1.807, 2.05) is 32.0 Å². The largest absolute Gasteiger partial charge is 0.481 e. The maximum absolute atomic E-state index is 12.7. The number of aryl methyl sites for hydroxylation is 3. The van der Waals surface area contributed by atoms with Crippen LogP contribution in [0.5, 0.6) is 0 Å². The summed E-state index contributed by atoms with van der Waals surface area (Å²) in [4.78, 5) is 23.3. The van der Waals surface area contributed by atoms with Gasteiger partial charge < -0.3 is 5.11 Å². The molecule has 7 heteroatoms. The third-order valence-electron chi connectivity index (χ3n) is 4.10. The fourth-order valence-electron chi connectivity index (χ4n) is 2.58. The van der Waals surface area contributed by atoms with Crippen LogP contribution in [0.15, 0.2) is 35.4 Å². The van der Waals surface area contributed by atoms with Gasteiger partial charge in [0.1, 0.15) is 5.82 Å². The first-order valence-electron chi connectivity index (χ1n) is 7.72. The van der Waals surface area contributed by atoms with E-state index < -0.39 is 5.97 Å². The van der Waals surface area contributed by atoms with Crippen LogP contribution in [-0.2, 0) is 11.2 Å². The van der Waals surface area contributed by atoms with Crippen molar-refractivity contribution in [3.8, 4) is 5.69 Å². The van der Waals surface area contributed by atoms with E-state index in [0.29, 0.717) is 18.7 Å². The zero-order valence-corrected chi connectivity index (χ0v) is 13.6. The Bertz CT molecular complexity index is 972. The minimum atomic E-state index is -0.846. The Kier molecular flexibility index (Phi) is 4.16. The van der Waals surface area contributed by atoms with Crippen LogP contribution in [0.25, 0.3) is 11.3 Å². The van der Waals surface area contributed by atoms with Gasteiger partial charge in [-0.1, -0.05) is 6.07 Å². The summed E-state index contributed by atoms with van der Waals surface area (Å²) in [5.74, 6) is -0.253. The molecule has 3 aromatic rings. The number of carbonyl (C=O) groups is 1. The molecule has 0 aliphatic heterocycles. The summed E-state index contributed by atoms with van der Waals surface area (Å²) in [7, 11) is 0. The zero-order valence-electron chi connectivity index (χ0n) is 13.6. The molecule has 0 radical (unpaired) electrons. The van der Waals surface area contributed by atoms with E-state index >= 15 is 0 Å². The van der Waals surface area contributed by atoms with E-state index in [0.717, 1.165) is 16.8 Å². The average molecular weight is 326 g/mol. The lowest BCUT2D eigenvalue weighted by atomic mass is 10.1. The average Bonchev–Trinajstić information content (AvgIpc) is 2.94. The summed E-state index contributed by atoms with van der Waals surface area (Å²) in [5, 5.41) is 16.7. The molecule has 1 N–H and O–H groups in total. The van der Waals surface area contributed by atoms with E-state index in [1.165, 1.54) is 4.57 Å². The zero-order chi connectivity index (χ0) is 17.3. The van der Waals surface area contributed by atoms with Crippen LogP contribution in [-0.4, -0.2) is 30.2 Å². The van der Waals surface area contributed by atoms with Crippen LogP contribution < -0.4 is 5.56 Å². The number of hydrogen-bond donors (Lipinski definition) is 1. The SMILES string of the molecule is Cc1ccc(-n2ccn3c(CCCC(=O)O)nnc3c2=O)cc1C. The highest BCUT2D eigenvalue weighted by Crippen LogP contribution is 2.13. The van der Waals surface area contributed by atoms with Gasteiger partial charge >= 0.3 is 11.5 Å². The van der Waals surface area contributed by atoms with Crippen LogP contribution in [0.4, 0.5) is 0 Å². The second-order valence-electron chi connectivity index (χ2n) is 5.80. The first-order chi connectivity index (χ1) is 11.5. The van der Waals surface area contributed by atoms with Crippen molar-refractivity contribution in [1.82, 2.24) is 19.2 Å². The van der Waals surface area contributed by atoms with Crippen molar-refractivity contribution < 1.29 is 9.90 Å². The quantitative estimate of drug-likeness (QED) is 0.773. The summed E-state index contributed by atoms with van der Waals surface area (Å²) in [5.41, 5.74) is 3.03. The van der Waals surface area contributed by atoms with Gasteiger partial charge in [0.25, 0.3) is 0 Å². The molecule has 0 aliphatic rings. The molecule has 0 saturated heterocycles. The molecule has 0 fully saturated rings. The van der Waals surface area contributed by atoms with Gasteiger partial charge in [-0.25, -0.2) is 0 Å². The normalized spacial score (nSPS) is 11.1. The van der Waals surface area contributed by atoms with E-state index in [1.54, 1.807) is 16.8 Å². The highest BCUT2D eigenvalue weighted by atomic mass is 16.4. The van der Waals surface area contributed by atoms with Crippen molar-refractivity contribution in [2.45, 2.75) is 33.1 Å². The van der Waals surface area contributed by atoms with Crippen molar-refractivity contribution in [1.29, 1.82) is 0 Å². The predicted molar refractivity (Wildman–Crippen MR) is 88.6 cm³/mol. The Balaban J connectivity index is 1.98. The first kappa shape index (κ1) is 15.9. The van der Waals surface area contributed by atoms with Crippen LogP contribution >= 0.6 is 0 Å². The Labute approximate surface area is 138 Å². The fourth-order valence-corrected chi connectivity index (χ4v) is 2.58. The smallest absolute Gasteiger partial charge is 0.303 e. The second-order valence-corrected chi connectivity index (χ2v) is 5.80. The van der Waals surface area contributed by atoms with Gasteiger partial charge in [-0.05, 0) is 43.5 Å². The van der Waals surface area contributed by atoms with Gasteiger partial charge in [-0.15, -0.1) is 10.2 Å². The number of carboxylic acid groups (broad SMARTS) is 1. The molecule has 0 amide bonds. The topological polar surface area (TPSA) is 89.5 Å². The predicted octanol–water partition coefficient (Wildman–Crippen LogP) is 1.90. The number of aromatic nitrogens is 4. The van der Waals surface area contributed by atoms with Crippen molar-refractivity contribution in [3.05, 3.63) is 57.9 Å². The van der Waals surface area contributed by atoms with Crippen LogP contribution in [0.2, 0.25) is 0 Å². The number of hydrogen-bond acceptors (Lipinski definition) is 4. The molecular formula is C17H18N4O3. The van der Waals surface area contributed by atoms with Crippen molar-refractivity contribution in [2.75, 3.05) is 0 Å². The molecule has 2 aromatic heterocycles. The Morgan fingerprint density at radius 3 is 2.67 bits per heavy atom. The number of benzene rings is 1. The number of aliphatic carboxylic acids is 1. The lowest BCUT2D eigenvalue weighted by molar-refractivity contribution is -0.137. The lowest BCUT2D eigenvalue weighted by Gasteiger charge is -2.08. The van der Waals surface area contributed by atoms with Gasteiger partial charge in [0.15, 0.2) is 0 Å². The summed E-state index contributed by atoms with van der Waals surface area (Å²) in [6.45, 7) is 4.02. The number of fused-ring (bicyclic) bond motifs is 1.